The molecule has 142 valence electrons. The number of rotatable bonds is 7. The van der Waals surface area contributed by atoms with Gasteiger partial charge in [-0.3, -0.25) is 9.59 Å². The normalized spacial score (nSPS) is 11.3. The van der Waals surface area contributed by atoms with E-state index in [-0.39, 0.29) is 13.1 Å². The molecule has 0 fully saturated rings. The van der Waals surface area contributed by atoms with Crippen LogP contribution in [0.2, 0.25) is 0 Å². The van der Waals surface area contributed by atoms with Crippen molar-refractivity contribution in [2.24, 2.45) is 0 Å². The number of aromatic nitrogens is 4. The van der Waals surface area contributed by atoms with E-state index in [1.165, 1.54) is 11.8 Å². The van der Waals surface area contributed by atoms with E-state index in [4.69, 9.17) is 0 Å². The van der Waals surface area contributed by atoms with Gasteiger partial charge in [0.15, 0.2) is 5.16 Å². The van der Waals surface area contributed by atoms with Gasteiger partial charge in [0, 0.05) is 0 Å². The van der Waals surface area contributed by atoms with Gasteiger partial charge in [-0.05, 0) is 24.3 Å². The number of hydrogen-bond acceptors (Lipinski definition) is 5. The number of carboxylic acids is 2. The van der Waals surface area contributed by atoms with Crippen LogP contribution in [0.5, 0.6) is 0 Å². The summed E-state index contributed by atoms with van der Waals surface area (Å²) in [6.45, 7) is -0.393. The van der Waals surface area contributed by atoms with Gasteiger partial charge in [0.1, 0.15) is 18.9 Å². The molecule has 2 heterocycles. The summed E-state index contributed by atoms with van der Waals surface area (Å²) in [6.07, 6.45) is 0. The van der Waals surface area contributed by atoms with Crippen LogP contribution in [0.4, 0.5) is 0 Å². The molecule has 0 aliphatic carbocycles. The maximum Gasteiger partial charge on any atom is 0.323 e. The second-order valence-electron chi connectivity index (χ2n) is 6.15. The van der Waals surface area contributed by atoms with Gasteiger partial charge in [-0.25, -0.2) is 9.97 Å². The molecule has 4 rings (SSSR count). The lowest BCUT2D eigenvalue weighted by atomic mass is 10.3. The average molecular weight is 396 g/mol. The van der Waals surface area contributed by atoms with E-state index in [1.807, 2.05) is 48.5 Å². The van der Waals surface area contributed by atoms with E-state index in [0.717, 1.165) is 16.6 Å². The predicted molar refractivity (Wildman–Crippen MR) is 104 cm³/mol. The average Bonchev–Trinajstić information content (AvgIpc) is 3.18. The smallest absolute Gasteiger partial charge is 0.323 e. The second kappa shape index (κ2) is 7.35. The fraction of sp³-hybridized carbons (Fsp3) is 0.158. The molecule has 0 aliphatic rings. The number of aliphatic carboxylic acids is 2. The summed E-state index contributed by atoms with van der Waals surface area (Å²) in [5.41, 5.74) is 2.93. The van der Waals surface area contributed by atoms with Crippen molar-refractivity contribution in [2.75, 3.05) is 0 Å². The Hall–Kier alpha value is -3.33. The van der Waals surface area contributed by atoms with E-state index in [9.17, 15) is 19.8 Å². The van der Waals surface area contributed by atoms with Crippen LogP contribution < -0.4 is 0 Å². The Morgan fingerprint density at radius 3 is 2.00 bits per heavy atom. The molecular weight excluding hydrogens is 380 g/mol. The van der Waals surface area contributed by atoms with E-state index >= 15 is 0 Å². The molecule has 0 saturated heterocycles. The Morgan fingerprint density at radius 2 is 1.36 bits per heavy atom. The molecule has 9 heteroatoms. The molecule has 0 bridgehead atoms. The number of hydrogen-bond donors (Lipinski definition) is 2. The molecule has 2 N–H and O–H groups in total. The first-order chi connectivity index (χ1) is 13.5. The summed E-state index contributed by atoms with van der Waals surface area (Å²) in [4.78, 5) is 31.7. The molecule has 0 amide bonds. The third kappa shape index (κ3) is 3.44. The number of carboxylic acid groups (broad SMARTS) is 2. The number of para-hydroxylation sites is 4. The van der Waals surface area contributed by atoms with Crippen LogP contribution in [0.1, 0.15) is 5.82 Å². The van der Waals surface area contributed by atoms with Crippen LogP contribution in [0.15, 0.2) is 53.7 Å². The molecule has 0 radical (unpaired) electrons. The van der Waals surface area contributed by atoms with Gasteiger partial charge in [0.2, 0.25) is 0 Å². The van der Waals surface area contributed by atoms with Crippen molar-refractivity contribution in [3.8, 4) is 0 Å². The van der Waals surface area contributed by atoms with Crippen LogP contribution in [-0.2, 0) is 28.4 Å². The monoisotopic (exact) mass is 396 g/mol. The molecule has 0 spiro atoms. The van der Waals surface area contributed by atoms with Crippen molar-refractivity contribution in [1.82, 2.24) is 19.1 Å². The first-order valence-electron chi connectivity index (χ1n) is 8.48. The topological polar surface area (TPSA) is 110 Å². The highest BCUT2D eigenvalue weighted by Crippen LogP contribution is 2.28. The summed E-state index contributed by atoms with van der Waals surface area (Å²) in [6, 6.07) is 14.7. The fourth-order valence-corrected chi connectivity index (χ4v) is 4.09. The van der Waals surface area contributed by atoms with Crippen molar-refractivity contribution < 1.29 is 19.8 Å². The fourth-order valence-electron chi connectivity index (χ4n) is 3.13. The predicted octanol–water partition coefficient (Wildman–Crippen LogP) is 2.85. The number of imidazole rings is 2. The SMILES string of the molecule is O=C(O)Cn1c(CSc2nc3ccccc3n2CC(=O)O)nc2ccccc21. The Kier molecular flexibility index (Phi) is 4.74. The summed E-state index contributed by atoms with van der Waals surface area (Å²) >= 11 is 1.34. The highest BCUT2D eigenvalue weighted by molar-refractivity contribution is 7.98. The number of benzene rings is 2. The Labute approximate surface area is 163 Å². The van der Waals surface area contributed by atoms with Gasteiger partial charge in [-0.2, -0.15) is 0 Å². The van der Waals surface area contributed by atoms with E-state index in [0.29, 0.717) is 22.3 Å². The molecule has 0 saturated carbocycles. The molecule has 28 heavy (non-hydrogen) atoms. The first-order valence-corrected chi connectivity index (χ1v) is 9.47. The Balaban J connectivity index is 1.70. The van der Waals surface area contributed by atoms with Crippen LogP contribution >= 0.6 is 11.8 Å². The quantitative estimate of drug-likeness (QED) is 0.462. The van der Waals surface area contributed by atoms with E-state index < -0.39 is 11.9 Å². The van der Waals surface area contributed by atoms with Gasteiger partial charge in [-0.15, -0.1) is 0 Å². The zero-order chi connectivity index (χ0) is 19.7. The van der Waals surface area contributed by atoms with E-state index in [1.54, 1.807) is 9.13 Å². The third-order valence-corrected chi connectivity index (χ3v) is 5.24. The lowest BCUT2D eigenvalue weighted by Gasteiger charge is -2.08. The number of thioether (sulfide) groups is 1. The lowest BCUT2D eigenvalue weighted by molar-refractivity contribution is -0.138. The van der Waals surface area contributed by atoms with Crippen molar-refractivity contribution >= 4 is 45.8 Å². The van der Waals surface area contributed by atoms with Gasteiger partial charge < -0.3 is 19.3 Å². The third-order valence-electron chi connectivity index (χ3n) is 4.27. The highest BCUT2D eigenvalue weighted by atomic mass is 32.2. The maximum atomic E-state index is 11.3. The summed E-state index contributed by atoms with van der Waals surface area (Å²) < 4.78 is 3.31. The van der Waals surface area contributed by atoms with Crippen LogP contribution in [0.3, 0.4) is 0 Å². The molecular formula is C19H16N4O4S. The van der Waals surface area contributed by atoms with Crippen molar-refractivity contribution in [3.63, 3.8) is 0 Å². The molecule has 8 nitrogen and oxygen atoms in total. The molecule has 2 aromatic heterocycles. The van der Waals surface area contributed by atoms with Crippen molar-refractivity contribution in [2.45, 2.75) is 24.0 Å². The van der Waals surface area contributed by atoms with Gasteiger partial charge in [-0.1, -0.05) is 36.0 Å². The molecule has 0 aliphatic heterocycles. The van der Waals surface area contributed by atoms with Crippen molar-refractivity contribution in [1.29, 1.82) is 0 Å². The second-order valence-corrected chi connectivity index (χ2v) is 7.09. The summed E-state index contributed by atoms with van der Waals surface area (Å²) in [5.74, 6) is -0.941. The first kappa shape index (κ1) is 18.1. The lowest BCUT2D eigenvalue weighted by Crippen LogP contribution is -2.12. The number of nitrogens with zero attached hydrogens (tertiary/aromatic N) is 4. The maximum absolute atomic E-state index is 11.3. The minimum atomic E-state index is -0.955. The zero-order valence-corrected chi connectivity index (χ0v) is 15.5. The molecule has 0 unspecified atom stereocenters. The number of fused-ring (bicyclic) bond motifs is 2. The zero-order valence-electron chi connectivity index (χ0n) is 14.6. The summed E-state index contributed by atoms with van der Waals surface area (Å²) in [5, 5.41) is 19.1. The Morgan fingerprint density at radius 1 is 0.821 bits per heavy atom. The number of carbonyl (C=O) groups is 2. The van der Waals surface area contributed by atoms with Gasteiger partial charge in [0.05, 0.1) is 27.8 Å². The molecule has 0 atom stereocenters. The molecule has 4 aromatic rings. The minimum Gasteiger partial charge on any atom is -0.480 e. The highest BCUT2D eigenvalue weighted by Gasteiger charge is 2.17. The standard InChI is InChI=1S/C19H16N4O4S/c24-17(25)9-22-14-7-3-1-5-12(14)20-16(22)11-28-19-21-13-6-2-4-8-15(13)23(19)10-18(26)27/h1-8H,9-11H2,(H,24,25)(H,26,27). The van der Waals surface area contributed by atoms with Crippen LogP contribution in [0.25, 0.3) is 22.1 Å². The van der Waals surface area contributed by atoms with Crippen LogP contribution in [0, 0.1) is 0 Å². The minimum absolute atomic E-state index is 0.193. The van der Waals surface area contributed by atoms with E-state index in [2.05, 4.69) is 9.97 Å². The largest absolute Gasteiger partial charge is 0.480 e. The molecule has 2 aromatic carbocycles. The van der Waals surface area contributed by atoms with Gasteiger partial charge in [0.25, 0.3) is 0 Å². The summed E-state index contributed by atoms with van der Waals surface area (Å²) in [7, 11) is 0. The Bertz CT molecular complexity index is 1100. The van der Waals surface area contributed by atoms with Crippen LogP contribution in [-0.4, -0.2) is 41.3 Å². The van der Waals surface area contributed by atoms with Crippen molar-refractivity contribution in [3.05, 3.63) is 54.4 Å². The van der Waals surface area contributed by atoms with Gasteiger partial charge >= 0.3 is 11.9 Å².